The van der Waals surface area contributed by atoms with Crippen molar-refractivity contribution in [1.29, 1.82) is 0 Å². The van der Waals surface area contributed by atoms with E-state index in [1.54, 1.807) is 6.20 Å². The molecule has 0 spiro atoms. The van der Waals surface area contributed by atoms with Crippen LogP contribution in [0.25, 0.3) is 5.52 Å². The van der Waals surface area contributed by atoms with Crippen molar-refractivity contribution in [3.63, 3.8) is 0 Å². The Morgan fingerprint density at radius 1 is 1.30 bits per heavy atom. The number of likely N-dealkylation sites (N-methyl/N-ethyl adjacent to an activating group) is 1. The number of imidazole rings is 1. The SMILES string of the molecule is C=NN/C=C\Cc1ncc2c(N3CCN(C)CC3C)cc(N3CC4CC(C3)O4)nn12. The molecular weight excluding hydrogens is 380 g/mol. The van der Waals surface area contributed by atoms with Crippen LogP contribution in [0.15, 0.2) is 29.6 Å². The first-order chi connectivity index (χ1) is 14.6. The third-order valence-electron chi connectivity index (χ3n) is 6.35. The lowest BCUT2D eigenvalue weighted by Gasteiger charge is -2.47. The molecule has 160 valence electrons. The third kappa shape index (κ3) is 3.52. The lowest BCUT2D eigenvalue weighted by molar-refractivity contribution is -0.133. The summed E-state index contributed by atoms with van der Waals surface area (Å²) in [4.78, 5) is 12.0. The molecule has 3 atom stereocenters. The Kier molecular flexibility index (Phi) is 5.08. The molecule has 0 aliphatic carbocycles. The Morgan fingerprint density at radius 3 is 2.83 bits per heavy atom. The molecule has 0 saturated carbocycles. The summed E-state index contributed by atoms with van der Waals surface area (Å²) in [7, 11) is 2.19. The highest BCUT2D eigenvalue weighted by atomic mass is 16.5. The standard InChI is InChI=1S/C21H30N8O/c1-15-12-26(3)7-8-28(15)18-10-21(27-13-16-9-17(14-27)30-16)25-29-19(18)11-23-20(29)5-4-6-24-22-2/h4,6,10-11,15-17,24H,2,5,7-9,12-14H2,1,3H3/b6-4-. The average molecular weight is 411 g/mol. The molecule has 6 rings (SSSR count). The van der Waals surface area contributed by atoms with Crippen LogP contribution in [-0.2, 0) is 11.2 Å². The van der Waals surface area contributed by atoms with E-state index in [-0.39, 0.29) is 0 Å². The van der Waals surface area contributed by atoms with Gasteiger partial charge >= 0.3 is 0 Å². The number of hydrazone groups is 1. The number of nitrogens with zero attached hydrogens (tertiary/aromatic N) is 7. The minimum atomic E-state index is 0.343. The normalized spacial score (nSPS) is 26.9. The molecule has 9 nitrogen and oxygen atoms in total. The highest BCUT2D eigenvalue weighted by Gasteiger charge is 2.39. The van der Waals surface area contributed by atoms with E-state index in [1.165, 1.54) is 12.1 Å². The fourth-order valence-electron chi connectivity index (χ4n) is 4.83. The van der Waals surface area contributed by atoms with Gasteiger partial charge in [-0.3, -0.25) is 5.43 Å². The van der Waals surface area contributed by atoms with Crippen LogP contribution >= 0.6 is 0 Å². The Bertz CT molecular complexity index is 940. The van der Waals surface area contributed by atoms with E-state index in [0.717, 1.165) is 49.9 Å². The fraction of sp³-hybridized carbons (Fsp3) is 0.571. The number of rotatable bonds is 6. The largest absolute Gasteiger partial charge is 0.371 e. The van der Waals surface area contributed by atoms with Crippen LogP contribution in [0.5, 0.6) is 0 Å². The van der Waals surface area contributed by atoms with Crippen LogP contribution < -0.4 is 15.2 Å². The quantitative estimate of drug-likeness (QED) is 0.565. The fourth-order valence-corrected chi connectivity index (χ4v) is 4.83. The van der Waals surface area contributed by atoms with Crippen LogP contribution in [0.4, 0.5) is 11.5 Å². The van der Waals surface area contributed by atoms with Crippen LogP contribution in [0.1, 0.15) is 19.2 Å². The van der Waals surface area contributed by atoms with Gasteiger partial charge in [-0.15, -0.1) is 5.10 Å². The van der Waals surface area contributed by atoms with Gasteiger partial charge in [0.2, 0.25) is 0 Å². The number of fused-ring (bicyclic) bond motifs is 3. The van der Waals surface area contributed by atoms with Gasteiger partial charge in [-0.25, -0.2) is 9.50 Å². The molecule has 2 aromatic rings. The van der Waals surface area contributed by atoms with Crippen LogP contribution in [0.2, 0.25) is 0 Å². The zero-order valence-electron chi connectivity index (χ0n) is 17.7. The van der Waals surface area contributed by atoms with Crippen LogP contribution in [0, 0.1) is 0 Å². The van der Waals surface area contributed by atoms with Crippen LogP contribution in [-0.4, -0.2) is 84.2 Å². The monoisotopic (exact) mass is 410 g/mol. The second-order valence-corrected chi connectivity index (χ2v) is 8.58. The average Bonchev–Trinajstić information content (AvgIpc) is 3.13. The topological polar surface area (TPSA) is 73.5 Å². The molecule has 6 heterocycles. The highest BCUT2D eigenvalue weighted by molar-refractivity contribution is 5.76. The Morgan fingerprint density at radius 2 is 2.10 bits per heavy atom. The first-order valence-electron chi connectivity index (χ1n) is 10.7. The number of allylic oxidation sites excluding steroid dienone is 1. The molecule has 4 aliphatic rings. The third-order valence-corrected chi connectivity index (χ3v) is 6.35. The Hall–Kier alpha value is -2.65. The van der Waals surface area contributed by atoms with Crippen LogP contribution in [0.3, 0.4) is 0 Å². The maximum Gasteiger partial charge on any atom is 0.151 e. The second-order valence-electron chi connectivity index (χ2n) is 8.58. The predicted octanol–water partition coefficient (Wildman–Crippen LogP) is 1.11. The van der Waals surface area contributed by atoms with E-state index in [9.17, 15) is 0 Å². The van der Waals surface area contributed by atoms with Crippen molar-refractivity contribution < 1.29 is 4.74 Å². The molecular formula is C21H30N8O. The molecule has 9 heteroatoms. The predicted molar refractivity (Wildman–Crippen MR) is 118 cm³/mol. The van der Waals surface area contributed by atoms with E-state index in [0.29, 0.717) is 24.7 Å². The molecule has 2 aromatic heterocycles. The minimum absolute atomic E-state index is 0.343. The number of hydrogen-bond acceptors (Lipinski definition) is 8. The second kappa shape index (κ2) is 7.88. The van der Waals surface area contributed by atoms with E-state index in [1.807, 2.05) is 16.8 Å². The lowest BCUT2D eigenvalue weighted by atomic mass is 9.99. The van der Waals surface area contributed by atoms with Crippen molar-refractivity contribution in [3.8, 4) is 0 Å². The van der Waals surface area contributed by atoms with Gasteiger partial charge < -0.3 is 19.4 Å². The molecule has 4 aliphatic heterocycles. The van der Waals surface area contributed by atoms with Crippen molar-refractivity contribution in [2.75, 3.05) is 49.6 Å². The summed E-state index contributed by atoms with van der Waals surface area (Å²) in [6.07, 6.45) is 8.24. The Balaban J connectivity index is 1.53. The van der Waals surface area contributed by atoms with E-state index in [4.69, 9.17) is 14.8 Å². The zero-order chi connectivity index (χ0) is 20.7. The van der Waals surface area contributed by atoms with Gasteiger partial charge in [0, 0.05) is 70.6 Å². The summed E-state index contributed by atoms with van der Waals surface area (Å²) in [5, 5.41) is 8.64. The first-order valence-corrected chi connectivity index (χ1v) is 10.7. The van der Waals surface area contributed by atoms with Crippen molar-refractivity contribution >= 4 is 23.7 Å². The van der Waals surface area contributed by atoms with Gasteiger partial charge in [0.1, 0.15) is 11.3 Å². The number of piperazine rings is 1. The van der Waals surface area contributed by atoms with Crippen molar-refractivity contribution in [1.82, 2.24) is 24.9 Å². The summed E-state index contributed by atoms with van der Waals surface area (Å²) in [5.74, 6) is 1.92. The molecule has 0 radical (unpaired) electrons. The molecule has 4 saturated heterocycles. The molecule has 3 unspecified atom stereocenters. The number of anilines is 2. The van der Waals surface area contributed by atoms with E-state index < -0.39 is 0 Å². The summed E-state index contributed by atoms with van der Waals surface area (Å²) in [5.41, 5.74) is 5.02. The maximum atomic E-state index is 5.84. The van der Waals surface area contributed by atoms with Gasteiger partial charge in [-0.1, -0.05) is 6.08 Å². The Labute approximate surface area is 177 Å². The number of morpholine rings is 1. The lowest BCUT2D eigenvalue weighted by Crippen LogP contribution is -2.57. The molecule has 4 fully saturated rings. The molecule has 0 aromatic carbocycles. The van der Waals surface area contributed by atoms with Gasteiger partial charge in [0.05, 0.1) is 24.1 Å². The zero-order valence-corrected chi connectivity index (χ0v) is 17.7. The molecule has 0 amide bonds. The number of nitrogens with one attached hydrogen (secondary N) is 1. The maximum absolute atomic E-state index is 5.84. The minimum Gasteiger partial charge on any atom is -0.371 e. The summed E-state index contributed by atoms with van der Waals surface area (Å²) >= 11 is 0. The smallest absolute Gasteiger partial charge is 0.151 e. The van der Waals surface area contributed by atoms with Crippen molar-refractivity contribution in [2.45, 2.75) is 38.0 Å². The molecule has 30 heavy (non-hydrogen) atoms. The summed E-state index contributed by atoms with van der Waals surface area (Å²) in [6, 6.07) is 2.69. The highest BCUT2D eigenvalue weighted by Crippen LogP contribution is 2.34. The number of ether oxygens (including phenoxy) is 1. The van der Waals surface area contributed by atoms with Crippen molar-refractivity contribution in [3.05, 3.63) is 30.4 Å². The van der Waals surface area contributed by atoms with Gasteiger partial charge in [0.15, 0.2) is 5.82 Å². The first kappa shape index (κ1) is 19.3. The van der Waals surface area contributed by atoms with Gasteiger partial charge in [0.25, 0.3) is 0 Å². The van der Waals surface area contributed by atoms with E-state index >= 15 is 0 Å². The summed E-state index contributed by atoms with van der Waals surface area (Å²) in [6.45, 7) is 10.6. The van der Waals surface area contributed by atoms with Gasteiger partial charge in [-0.05, 0) is 14.0 Å². The number of hydrogen-bond donors (Lipinski definition) is 1. The van der Waals surface area contributed by atoms with Gasteiger partial charge in [-0.2, -0.15) is 5.10 Å². The molecule has 1 N–H and O–H groups in total. The summed E-state index contributed by atoms with van der Waals surface area (Å²) < 4.78 is 7.86. The number of aromatic nitrogens is 3. The number of piperidine rings is 1. The van der Waals surface area contributed by atoms with E-state index in [2.05, 4.69) is 52.0 Å². The molecule has 2 bridgehead atoms. The van der Waals surface area contributed by atoms with Crippen molar-refractivity contribution in [2.24, 2.45) is 5.10 Å².